The molecule has 0 saturated carbocycles. The molecule has 0 aliphatic carbocycles. The quantitative estimate of drug-likeness (QED) is 0.793. The highest BCUT2D eigenvalue weighted by molar-refractivity contribution is 6.30. The molecule has 0 aliphatic rings. The minimum atomic E-state index is -0.371. The summed E-state index contributed by atoms with van der Waals surface area (Å²) in [7, 11) is 0. The first-order chi connectivity index (χ1) is 10.1. The molecular formula is C16H17ClN2O2. The van der Waals surface area contributed by atoms with Crippen molar-refractivity contribution in [2.24, 2.45) is 0 Å². The third kappa shape index (κ3) is 4.21. The number of benzene rings is 2. The van der Waals surface area contributed by atoms with Crippen molar-refractivity contribution in [3.63, 3.8) is 0 Å². The molecule has 0 saturated heterocycles. The number of carbonyl (C=O) groups is 1. The molecule has 0 aliphatic heterocycles. The number of hydrogen-bond donors (Lipinski definition) is 3. The maximum atomic E-state index is 12.1. The smallest absolute Gasteiger partial charge is 0.259 e. The predicted molar refractivity (Wildman–Crippen MR) is 84.9 cm³/mol. The summed E-state index contributed by atoms with van der Waals surface area (Å²) in [5.41, 5.74) is 1.95. The Morgan fingerprint density at radius 3 is 2.76 bits per heavy atom. The van der Waals surface area contributed by atoms with E-state index in [0.717, 1.165) is 18.7 Å². The number of anilines is 1. The van der Waals surface area contributed by atoms with E-state index in [0.29, 0.717) is 10.7 Å². The monoisotopic (exact) mass is 304 g/mol. The summed E-state index contributed by atoms with van der Waals surface area (Å²) in [6.45, 7) is 3.66. The Balaban J connectivity index is 2.12. The van der Waals surface area contributed by atoms with Gasteiger partial charge < -0.3 is 15.7 Å². The van der Waals surface area contributed by atoms with Gasteiger partial charge in [0.05, 0.1) is 5.56 Å². The van der Waals surface area contributed by atoms with Gasteiger partial charge in [-0.15, -0.1) is 0 Å². The second-order valence-electron chi connectivity index (χ2n) is 4.60. The van der Waals surface area contributed by atoms with Crippen molar-refractivity contribution in [1.82, 2.24) is 5.32 Å². The fraction of sp³-hybridized carbons (Fsp3) is 0.188. The zero-order valence-electron chi connectivity index (χ0n) is 11.7. The Morgan fingerprint density at radius 2 is 2.05 bits per heavy atom. The number of aromatic hydroxyl groups is 1. The van der Waals surface area contributed by atoms with Gasteiger partial charge in [0.25, 0.3) is 5.91 Å². The number of halogens is 1. The highest BCUT2D eigenvalue weighted by atomic mass is 35.5. The zero-order valence-corrected chi connectivity index (χ0v) is 12.4. The lowest BCUT2D eigenvalue weighted by Gasteiger charge is -2.09. The second kappa shape index (κ2) is 7.11. The fourth-order valence-electron chi connectivity index (χ4n) is 1.92. The van der Waals surface area contributed by atoms with E-state index in [9.17, 15) is 9.90 Å². The molecular weight excluding hydrogens is 288 g/mol. The molecule has 21 heavy (non-hydrogen) atoms. The molecule has 0 bridgehead atoms. The minimum Gasteiger partial charge on any atom is -0.507 e. The first kappa shape index (κ1) is 15.4. The molecule has 0 atom stereocenters. The molecule has 2 aromatic rings. The van der Waals surface area contributed by atoms with Crippen LogP contribution in [0.1, 0.15) is 22.8 Å². The van der Waals surface area contributed by atoms with Crippen LogP contribution >= 0.6 is 11.6 Å². The van der Waals surface area contributed by atoms with Gasteiger partial charge in [-0.3, -0.25) is 4.79 Å². The average Bonchev–Trinajstić information content (AvgIpc) is 2.45. The van der Waals surface area contributed by atoms with E-state index in [1.807, 2.05) is 25.1 Å². The Kier molecular flexibility index (Phi) is 5.20. The van der Waals surface area contributed by atoms with E-state index in [1.165, 1.54) is 12.1 Å². The van der Waals surface area contributed by atoms with Crippen LogP contribution in [-0.4, -0.2) is 17.6 Å². The first-order valence-corrected chi connectivity index (χ1v) is 7.07. The summed E-state index contributed by atoms with van der Waals surface area (Å²) in [6, 6.07) is 12.0. The molecule has 3 N–H and O–H groups in total. The molecule has 0 heterocycles. The topological polar surface area (TPSA) is 61.4 Å². The molecule has 0 fully saturated rings. The molecule has 0 radical (unpaired) electrons. The number of rotatable bonds is 5. The number of carbonyl (C=O) groups excluding carboxylic acids is 1. The standard InChI is InChI=1S/C16H17ClN2O2/c1-2-18-10-11-4-3-5-13(8-11)19-16(21)14-7-6-12(17)9-15(14)20/h3-9,18,20H,2,10H2,1H3,(H,19,21). The summed E-state index contributed by atoms with van der Waals surface area (Å²) in [5.74, 6) is -0.506. The van der Waals surface area contributed by atoms with Gasteiger partial charge in [0.2, 0.25) is 0 Å². The number of phenols is 1. The molecule has 0 aromatic heterocycles. The molecule has 2 rings (SSSR count). The van der Waals surface area contributed by atoms with Crippen molar-refractivity contribution >= 4 is 23.2 Å². The van der Waals surface area contributed by atoms with Gasteiger partial charge in [-0.05, 0) is 42.4 Å². The highest BCUT2D eigenvalue weighted by Crippen LogP contribution is 2.23. The number of hydrogen-bond acceptors (Lipinski definition) is 3. The summed E-state index contributed by atoms with van der Waals surface area (Å²) >= 11 is 5.75. The normalized spacial score (nSPS) is 10.4. The molecule has 4 nitrogen and oxygen atoms in total. The molecule has 1 amide bonds. The van der Waals surface area contributed by atoms with E-state index in [2.05, 4.69) is 10.6 Å². The largest absolute Gasteiger partial charge is 0.507 e. The SMILES string of the molecule is CCNCc1cccc(NC(=O)c2ccc(Cl)cc2O)c1. The lowest BCUT2D eigenvalue weighted by atomic mass is 10.1. The molecule has 5 heteroatoms. The Bertz CT molecular complexity index is 644. The summed E-state index contributed by atoms with van der Waals surface area (Å²) in [5, 5.41) is 16.1. The van der Waals surface area contributed by atoms with Crippen LogP contribution in [0, 0.1) is 0 Å². The van der Waals surface area contributed by atoms with Gasteiger partial charge in [0, 0.05) is 17.3 Å². The van der Waals surface area contributed by atoms with E-state index in [1.54, 1.807) is 12.1 Å². The summed E-state index contributed by atoms with van der Waals surface area (Å²) in [6.07, 6.45) is 0. The van der Waals surface area contributed by atoms with Crippen molar-refractivity contribution in [2.75, 3.05) is 11.9 Å². The van der Waals surface area contributed by atoms with Crippen LogP contribution in [0.25, 0.3) is 0 Å². The maximum Gasteiger partial charge on any atom is 0.259 e. The van der Waals surface area contributed by atoms with Crippen LogP contribution in [-0.2, 0) is 6.54 Å². The van der Waals surface area contributed by atoms with Crippen LogP contribution < -0.4 is 10.6 Å². The first-order valence-electron chi connectivity index (χ1n) is 6.69. The predicted octanol–water partition coefficient (Wildman–Crippen LogP) is 3.41. The van der Waals surface area contributed by atoms with Crippen molar-refractivity contribution in [1.29, 1.82) is 0 Å². The number of phenolic OH excluding ortho intramolecular Hbond substituents is 1. The Morgan fingerprint density at radius 1 is 1.24 bits per heavy atom. The van der Waals surface area contributed by atoms with Crippen LogP contribution in [0.4, 0.5) is 5.69 Å². The average molecular weight is 305 g/mol. The lowest BCUT2D eigenvalue weighted by Crippen LogP contribution is -2.14. The van der Waals surface area contributed by atoms with E-state index < -0.39 is 0 Å². The number of amides is 1. The Hall–Kier alpha value is -2.04. The van der Waals surface area contributed by atoms with Crippen molar-refractivity contribution in [2.45, 2.75) is 13.5 Å². The minimum absolute atomic E-state index is 0.135. The lowest BCUT2D eigenvalue weighted by molar-refractivity contribution is 0.102. The maximum absolute atomic E-state index is 12.1. The molecule has 2 aromatic carbocycles. The molecule has 0 spiro atoms. The molecule has 110 valence electrons. The van der Waals surface area contributed by atoms with E-state index in [4.69, 9.17) is 11.6 Å². The highest BCUT2D eigenvalue weighted by Gasteiger charge is 2.11. The van der Waals surface area contributed by atoms with Gasteiger partial charge >= 0.3 is 0 Å². The van der Waals surface area contributed by atoms with Crippen LogP contribution in [0.3, 0.4) is 0 Å². The van der Waals surface area contributed by atoms with Gasteiger partial charge in [0.15, 0.2) is 0 Å². The van der Waals surface area contributed by atoms with E-state index in [-0.39, 0.29) is 17.2 Å². The van der Waals surface area contributed by atoms with E-state index >= 15 is 0 Å². The second-order valence-corrected chi connectivity index (χ2v) is 5.03. The van der Waals surface area contributed by atoms with Crippen molar-refractivity contribution in [3.05, 3.63) is 58.6 Å². The number of nitrogens with one attached hydrogen (secondary N) is 2. The van der Waals surface area contributed by atoms with Crippen molar-refractivity contribution in [3.8, 4) is 5.75 Å². The third-order valence-corrected chi connectivity index (χ3v) is 3.20. The third-order valence-electron chi connectivity index (χ3n) is 2.97. The van der Waals surface area contributed by atoms with Crippen molar-refractivity contribution < 1.29 is 9.90 Å². The zero-order chi connectivity index (χ0) is 15.2. The fourth-order valence-corrected chi connectivity index (χ4v) is 2.09. The van der Waals surface area contributed by atoms with Gasteiger partial charge in [-0.1, -0.05) is 30.7 Å². The summed E-state index contributed by atoms with van der Waals surface area (Å²) in [4.78, 5) is 12.1. The molecule has 0 unspecified atom stereocenters. The Labute approximate surface area is 128 Å². The summed E-state index contributed by atoms with van der Waals surface area (Å²) < 4.78 is 0. The van der Waals surface area contributed by atoms with Crippen LogP contribution in [0.2, 0.25) is 5.02 Å². The van der Waals surface area contributed by atoms with Gasteiger partial charge in [-0.2, -0.15) is 0 Å². The van der Waals surface area contributed by atoms with Gasteiger partial charge in [0.1, 0.15) is 5.75 Å². The van der Waals surface area contributed by atoms with Crippen LogP contribution in [0.15, 0.2) is 42.5 Å². The van der Waals surface area contributed by atoms with Gasteiger partial charge in [-0.25, -0.2) is 0 Å². The van der Waals surface area contributed by atoms with Crippen LogP contribution in [0.5, 0.6) is 5.75 Å².